The predicted molar refractivity (Wildman–Crippen MR) is 191 cm³/mol. The second-order valence-electron chi connectivity index (χ2n) is 12.2. The minimum absolute atomic E-state index is 0.166. The SMILES string of the molecule is CCCC/C=C/C/C=C/CCCCCCCC(=O)O[C@H](COC(=O)CCCCCCC/C=C/CCCC)COP(=O)(O)OC[C@@H](O)CO. The highest BCUT2D eigenvalue weighted by Gasteiger charge is 2.27. The Bertz CT molecular complexity index is 905. The third kappa shape index (κ3) is 32.7. The summed E-state index contributed by atoms with van der Waals surface area (Å²) in [4.78, 5) is 34.7. The van der Waals surface area contributed by atoms with E-state index in [9.17, 15) is 24.2 Å². The number of ether oxygens (including phenoxy) is 2. The van der Waals surface area contributed by atoms with Crippen molar-refractivity contribution in [2.75, 3.05) is 26.4 Å². The van der Waals surface area contributed by atoms with Crippen LogP contribution in [-0.4, -0.2) is 65.7 Å². The molecule has 3 atom stereocenters. The van der Waals surface area contributed by atoms with E-state index in [1.807, 2.05) is 0 Å². The first kappa shape index (κ1) is 46.2. The van der Waals surface area contributed by atoms with Crippen LogP contribution < -0.4 is 0 Å². The van der Waals surface area contributed by atoms with Gasteiger partial charge in [0.1, 0.15) is 12.7 Å². The number of allylic oxidation sites excluding steroid dienone is 6. The van der Waals surface area contributed by atoms with Crippen molar-refractivity contribution in [2.24, 2.45) is 0 Å². The maximum Gasteiger partial charge on any atom is 0.472 e. The van der Waals surface area contributed by atoms with Crippen LogP contribution in [0.5, 0.6) is 0 Å². The highest BCUT2D eigenvalue weighted by Crippen LogP contribution is 2.43. The number of hydrogen-bond donors (Lipinski definition) is 3. The van der Waals surface area contributed by atoms with Crippen molar-refractivity contribution in [3.63, 3.8) is 0 Å². The molecule has 0 fully saturated rings. The fourth-order valence-corrected chi connectivity index (χ4v) is 5.37. The molecule has 0 radical (unpaired) electrons. The molecule has 0 aliphatic rings. The second-order valence-corrected chi connectivity index (χ2v) is 13.7. The molecule has 0 aromatic heterocycles. The lowest BCUT2D eigenvalue weighted by Gasteiger charge is -2.20. The molecule has 0 aliphatic carbocycles. The van der Waals surface area contributed by atoms with Gasteiger partial charge < -0.3 is 24.6 Å². The predicted octanol–water partition coefficient (Wildman–Crippen LogP) is 8.83. The van der Waals surface area contributed by atoms with Gasteiger partial charge >= 0.3 is 19.8 Å². The van der Waals surface area contributed by atoms with Gasteiger partial charge in [-0.25, -0.2) is 4.57 Å². The molecule has 0 saturated carbocycles. The van der Waals surface area contributed by atoms with Crippen LogP contribution in [0.1, 0.15) is 149 Å². The number of carbonyl (C=O) groups is 2. The third-order valence-electron chi connectivity index (χ3n) is 7.52. The van der Waals surface area contributed by atoms with E-state index in [1.54, 1.807) is 0 Å². The number of carbonyl (C=O) groups excluding carboxylic acids is 2. The van der Waals surface area contributed by atoms with Crippen molar-refractivity contribution in [3.8, 4) is 0 Å². The van der Waals surface area contributed by atoms with E-state index < -0.39 is 51.8 Å². The molecule has 0 aliphatic heterocycles. The largest absolute Gasteiger partial charge is 0.472 e. The van der Waals surface area contributed by atoms with Crippen LogP contribution in [-0.2, 0) is 32.7 Å². The first-order valence-electron chi connectivity index (χ1n) is 18.4. The molecule has 3 N–H and O–H groups in total. The Morgan fingerprint density at radius 1 is 0.625 bits per heavy atom. The van der Waals surface area contributed by atoms with Gasteiger partial charge in [-0.05, 0) is 57.8 Å². The van der Waals surface area contributed by atoms with Gasteiger partial charge in [-0.3, -0.25) is 18.6 Å². The summed E-state index contributed by atoms with van der Waals surface area (Å²) in [6, 6.07) is 0. The molecule has 0 rings (SSSR count). The minimum atomic E-state index is -4.61. The molecule has 11 heteroatoms. The number of aliphatic hydroxyl groups is 2. The number of phosphoric ester groups is 1. The van der Waals surface area contributed by atoms with Crippen LogP contribution in [0.3, 0.4) is 0 Å². The van der Waals surface area contributed by atoms with Crippen molar-refractivity contribution in [2.45, 2.75) is 161 Å². The zero-order valence-corrected chi connectivity index (χ0v) is 30.8. The van der Waals surface area contributed by atoms with E-state index in [4.69, 9.17) is 19.1 Å². The molecule has 0 bridgehead atoms. The zero-order chi connectivity index (χ0) is 35.6. The van der Waals surface area contributed by atoms with E-state index in [1.165, 1.54) is 25.7 Å². The van der Waals surface area contributed by atoms with Crippen molar-refractivity contribution < 1.29 is 47.8 Å². The van der Waals surface area contributed by atoms with E-state index in [2.05, 4.69) is 54.8 Å². The molecule has 280 valence electrons. The Hall–Kier alpha value is -1.81. The maximum absolute atomic E-state index is 12.5. The first-order chi connectivity index (χ1) is 23.2. The molecule has 0 heterocycles. The van der Waals surface area contributed by atoms with Crippen molar-refractivity contribution in [1.29, 1.82) is 0 Å². The van der Waals surface area contributed by atoms with E-state index in [0.29, 0.717) is 12.8 Å². The minimum Gasteiger partial charge on any atom is -0.462 e. The molecule has 0 saturated heterocycles. The maximum atomic E-state index is 12.5. The normalized spacial score (nSPS) is 14.5. The lowest BCUT2D eigenvalue weighted by atomic mass is 10.1. The highest BCUT2D eigenvalue weighted by atomic mass is 31.2. The fourth-order valence-electron chi connectivity index (χ4n) is 4.58. The van der Waals surface area contributed by atoms with Gasteiger partial charge in [0, 0.05) is 12.8 Å². The highest BCUT2D eigenvalue weighted by molar-refractivity contribution is 7.47. The van der Waals surface area contributed by atoms with Gasteiger partial charge in [0.05, 0.1) is 19.8 Å². The van der Waals surface area contributed by atoms with Gasteiger partial charge in [0.15, 0.2) is 6.10 Å². The van der Waals surface area contributed by atoms with Gasteiger partial charge in [-0.15, -0.1) is 0 Å². The van der Waals surface area contributed by atoms with E-state index in [-0.39, 0.29) is 19.4 Å². The van der Waals surface area contributed by atoms with E-state index >= 15 is 0 Å². The molecule has 10 nitrogen and oxygen atoms in total. The molecule has 0 spiro atoms. The lowest BCUT2D eigenvalue weighted by molar-refractivity contribution is -0.161. The first-order valence-corrected chi connectivity index (χ1v) is 19.9. The van der Waals surface area contributed by atoms with Crippen molar-refractivity contribution in [3.05, 3.63) is 36.5 Å². The Balaban J connectivity index is 4.43. The smallest absolute Gasteiger partial charge is 0.462 e. The summed E-state index contributed by atoms with van der Waals surface area (Å²) in [5.41, 5.74) is 0. The molecular formula is C37H67O10P. The average molecular weight is 703 g/mol. The number of phosphoric acid groups is 1. The summed E-state index contributed by atoms with van der Waals surface area (Å²) in [6.45, 7) is 2.24. The zero-order valence-electron chi connectivity index (χ0n) is 29.9. The van der Waals surface area contributed by atoms with Crippen LogP contribution in [0.4, 0.5) is 0 Å². The summed E-state index contributed by atoms with van der Waals surface area (Å²) < 4.78 is 32.5. The van der Waals surface area contributed by atoms with Crippen LogP contribution in [0, 0.1) is 0 Å². The number of esters is 2. The standard InChI is InChI=1S/C37H67O10P/c1-3-5-7-9-11-13-15-16-17-19-21-23-25-27-29-37(41)47-35(33-46-48(42,43)45-31-34(39)30-38)32-44-36(40)28-26-24-22-20-18-14-12-10-8-6-4-2/h9-12,15-16,34-35,38-39H,3-8,13-14,17-33H2,1-2H3,(H,42,43)/b11-9+,12-10+,16-15+/t34-,35+/m0/s1. The second kappa shape index (κ2) is 33.7. The summed E-state index contributed by atoms with van der Waals surface area (Å²) in [7, 11) is -4.61. The summed E-state index contributed by atoms with van der Waals surface area (Å²) in [5.74, 6) is -0.957. The third-order valence-corrected chi connectivity index (χ3v) is 8.47. The Morgan fingerprint density at radius 2 is 1.08 bits per heavy atom. The quantitative estimate of drug-likeness (QED) is 0.0257. The molecule has 48 heavy (non-hydrogen) atoms. The Kier molecular flexibility index (Phi) is 32.4. The van der Waals surface area contributed by atoms with Crippen LogP contribution in [0.2, 0.25) is 0 Å². The van der Waals surface area contributed by atoms with Gasteiger partial charge in [0.2, 0.25) is 0 Å². The molecule has 0 amide bonds. The average Bonchev–Trinajstić information content (AvgIpc) is 3.07. The Morgan fingerprint density at radius 3 is 1.62 bits per heavy atom. The number of rotatable bonds is 34. The number of hydrogen-bond acceptors (Lipinski definition) is 9. The lowest BCUT2D eigenvalue weighted by Crippen LogP contribution is -2.29. The van der Waals surface area contributed by atoms with Crippen LogP contribution in [0.25, 0.3) is 0 Å². The number of aliphatic hydroxyl groups excluding tert-OH is 2. The molecule has 0 aromatic rings. The van der Waals surface area contributed by atoms with Gasteiger partial charge in [-0.2, -0.15) is 0 Å². The molecular weight excluding hydrogens is 635 g/mol. The van der Waals surface area contributed by atoms with Gasteiger partial charge in [-0.1, -0.05) is 115 Å². The van der Waals surface area contributed by atoms with Crippen molar-refractivity contribution in [1.82, 2.24) is 0 Å². The fraction of sp³-hybridized carbons (Fsp3) is 0.784. The Labute approximate surface area is 291 Å². The summed E-state index contributed by atoms with van der Waals surface area (Å²) >= 11 is 0. The molecule has 0 aromatic carbocycles. The summed E-state index contributed by atoms with van der Waals surface area (Å²) in [6.07, 6.45) is 31.2. The van der Waals surface area contributed by atoms with Crippen LogP contribution in [0.15, 0.2) is 36.5 Å². The van der Waals surface area contributed by atoms with Crippen LogP contribution >= 0.6 is 7.82 Å². The van der Waals surface area contributed by atoms with Crippen molar-refractivity contribution >= 4 is 19.8 Å². The number of unbranched alkanes of at least 4 members (excludes halogenated alkanes) is 14. The van der Waals surface area contributed by atoms with Gasteiger partial charge in [0.25, 0.3) is 0 Å². The summed E-state index contributed by atoms with van der Waals surface area (Å²) in [5, 5.41) is 18.2. The van der Waals surface area contributed by atoms with E-state index in [0.717, 1.165) is 83.5 Å². The monoisotopic (exact) mass is 702 g/mol. The topological polar surface area (TPSA) is 149 Å². The molecule has 1 unspecified atom stereocenters.